The van der Waals surface area contributed by atoms with Crippen molar-refractivity contribution in [2.45, 2.75) is 6.92 Å². The largest absolute Gasteiger partial charge is 0.364 e. The maximum absolute atomic E-state index is 10.5. The molecule has 2 N–H and O–H groups in total. The normalized spacial score (nSPS) is 8.45. The van der Waals surface area contributed by atoms with E-state index in [1.54, 1.807) is 6.92 Å². The molecule has 1 heterocycles. The van der Waals surface area contributed by atoms with Crippen LogP contribution in [-0.2, 0) is 0 Å². The van der Waals surface area contributed by atoms with Gasteiger partial charge in [-0.15, -0.1) is 12.4 Å². The number of carbonyl (C=O) groups excluding carboxylic acids is 1. The molecule has 0 aliphatic rings. The summed E-state index contributed by atoms with van der Waals surface area (Å²) in [4.78, 5) is 18.1. The molecule has 0 saturated carbocycles. The Hall–Kier alpha value is -1.16. The molecular formula is C6H8ClN3O. The highest BCUT2D eigenvalue weighted by molar-refractivity contribution is 5.90. The first kappa shape index (κ1) is 9.84. The zero-order chi connectivity index (χ0) is 7.56. The van der Waals surface area contributed by atoms with Crippen molar-refractivity contribution >= 4 is 18.3 Å². The number of nitrogens with two attached hydrogens (primary N) is 1. The summed E-state index contributed by atoms with van der Waals surface area (Å²) in [5.74, 6) is 0.0294. The van der Waals surface area contributed by atoms with Crippen molar-refractivity contribution in [1.82, 2.24) is 9.97 Å². The van der Waals surface area contributed by atoms with Gasteiger partial charge in [0.1, 0.15) is 11.5 Å². The molecule has 4 nitrogen and oxygen atoms in total. The smallest absolute Gasteiger partial charge is 0.267 e. The molecule has 1 aromatic heterocycles. The van der Waals surface area contributed by atoms with Crippen LogP contribution < -0.4 is 5.73 Å². The van der Waals surface area contributed by atoms with E-state index in [-0.39, 0.29) is 18.1 Å². The fraction of sp³-hybridized carbons (Fsp3) is 0.167. The number of hydrogen-bond donors (Lipinski definition) is 1. The number of halogens is 1. The van der Waals surface area contributed by atoms with Crippen molar-refractivity contribution in [2.24, 2.45) is 5.73 Å². The van der Waals surface area contributed by atoms with Crippen LogP contribution in [0.5, 0.6) is 0 Å². The Bertz CT molecular complexity index is 264. The molecule has 1 amide bonds. The molecule has 0 fully saturated rings. The molecular weight excluding hydrogens is 166 g/mol. The summed E-state index contributed by atoms with van der Waals surface area (Å²) < 4.78 is 0. The lowest BCUT2D eigenvalue weighted by Crippen LogP contribution is -2.13. The van der Waals surface area contributed by atoms with Crippen molar-refractivity contribution in [2.75, 3.05) is 0 Å². The van der Waals surface area contributed by atoms with Crippen LogP contribution in [0.2, 0.25) is 0 Å². The lowest BCUT2D eigenvalue weighted by Gasteiger charge is -1.92. The van der Waals surface area contributed by atoms with E-state index in [1.165, 1.54) is 12.3 Å². The van der Waals surface area contributed by atoms with Gasteiger partial charge in [0, 0.05) is 6.20 Å². The number of nitrogens with zero attached hydrogens (tertiary/aromatic N) is 2. The van der Waals surface area contributed by atoms with Gasteiger partial charge in [0.2, 0.25) is 0 Å². The Kier molecular flexibility index (Phi) is 3.47. The first-order chi connectivity index (χ1) is 4.70. The zero-order valence-electron chi connectivity index (χ0n) is 5.94. The monoisotopic (exact) mass is 173 g/mol. The van der Waals surface area contributed by atoms with E-state index < -0.39 is 5.91 Å². The third-order valence-corrected chi connectivity index (χ3v) is 1.03. The number of amides is 1. The summed E-state index contributed by atoms with van der Waals surface area (Å²) in [5, 5.41) is 0. The fourth-order valence-electron chi connectivity index (χ4n) is 0.593. The summed E-state index contributed by atoms with van der Waals surface area (Å²) in [6.45, 7) is 1.70. The minimum atomic E-state index is -0.523. The SMILES string of the molecule is Cc1nccc(C(N)=O)n1.Cl. The molecule has 0 radical (unpaired) electrons. The second-order valence-electron chi connectivity index (χ2n) is 1.85. The molecule has 0 aromatic carbocycles. The van der Waals surface area contributed by atoms with Crippen LogP contribution in [0.1, 0.15) is 16.3 Å². The van der Waals surface area contributed by atoms with E-state index in [9.17, 15) is 4.79 Å². The van der Waals surface area contributed by atoms with Gasteiger partial charge in [0.25, 0.3) is 5.91 Å². The summed E-state index contributed by atoms with van der Waals surface area (Å²) in [5.41, 5.74) is 5.21. The first-order valence-electron chi connectivity index (χ1n) is 2.79. The Balaban J connectivity index is 0.000001000. The van der Waals surface area contributed by atoms with Gasteiger partial charge in [-0.05, 0) is 13.0 Å². The first-order valence-corrected chi connectivity index (χ1v) is 2.79. The molecule has 0 unspecified atom stereocenters. The van der Waals surface area contributed by atoms with Gasteiger partial charge in [-0.3, -0.25) is 4.79 Å². The molecule has 11 heavy (non-hydrogen) atoms. The molecule has 5 heteroatoms. The molecule has 0 saturated heterocycles. The molecule has 0 bridgehead atoms. The average molecular weight is 174 g/mol. The molecule has 60 valence electrons. The minimum absolute atomic E-state index is 0. The van der Waals surface area contributed by atoms with Gasteiger partial charge in [-0.1, -0.05) is 0 Å². The predicted octanol–water partition coefficient (Wildman–Crippen LogP) is 0.306. The number of primary amides is 1. The molecule has 1 aromatic rings. The van der Waals surface area contributed by atoms with Gasteiger partial charge in [0.15, 0.2) is 0 Å². The number of rotatable bonds is 1. The topological polar surface area (TPSA) is 68.9 Å². The van der Waals surface area contributed by atoms with Crippen molar-refractivity contribution in [3.8, 4) is 0 Å². The predicted molar refractivity (Wildman–Crippen MR) is 42.5 cm³/mol. The highest BCUT2D eigenvalue weighted by Gasteiger charge is 1.99. The number of carbonyl (C=O) groups is 1. The van der Waals surface area contributed by atoms with E-state index in [1.807, 2.05) is 0 Å². The van der Waals surface area contributed by atoms with Crippen molar-refractivity contribution in [1.29, 1.82) is 0 Å². The fourth-order valence-corrected chi connectivity index (χ4v) is 0.593. The van der Waals surface area contributed by atoms with E-state index in [0.717, 1.165) is 0 Å². The molecule has 1 rings (SSSR count). The summed E-state index contributed by atoms with van der Waals surface area (Å²) in [7, 11) is 0. The molecule has 0 aliphatic carbocycles. The van der Waals surface area contributed by atoms with Crippen LogP contribution in [0.3, 0.4) is 0 Å². The van der Waals surface area contributed by atoms with Crippen LogP contribution >= 0.6 is 12.4 Å². The van der Waals surface area contributed by atoms with Gasteiger partial charge in [-0.25, -0.2) is 9.97 Å². The molecule has 0 spiro atoms. The van der Waals surface area contributed by atoms with Crippen molar-refractivity contribution in [3.05, 3.63) is 23.8 Å². The van der Waals surface area contributed by atoms with Crippen LogP contribution in [0.4, 0.5) is 0 Å². The highest BCUT2D eigenvalue weighted by atomic mass is 35.5. The van der Waals surface area contributed by atoms with Gasteiger partial charge < -0.3 is 5.73 Å². The van der Waals surface area contributed by atoms with Crippen LogP contribution in [0, 0.1) is 6.92 Å². The Morgan fingerprint density at radius 2 is 2.27 bits per heavy atom. The van der Waals surface area contributed by atoms with Crippen LogP contribution in [0.15, 0.2) is 12.3 Å². The standard InChI is InChI=1S/C6H7N3O.ClH/c1-4-8-3-2-5(9-4)6(7)10;/h2-3H,1H3,(H2,7,10);1H. The van der Waals surface area contributed by atoms with Crippen LogP contribution in [-0.4, -0.2) is 15.9 Å². The van der Waals surface area contributed by atoms with E-state index in [0.29, 0.717) is 5.82 Å². The summed E-state index contributed by atoms with van der Waals surface area (Å²) >= 11 is 0. The summed E-state index contributed by atoms with van der Waals surface area (Å²) in [6.07, 6.45) is 1.50. The third-order valence-electron chi connectivity index (χ3n) is 1.03. The van der Waals surface area contributed by atoms with Gasteiger partial charge >= 0.3 is 0 Å². The second-order valence-corrected chi connectivity index (χ2v) is 1.85. The Labute approximate surface area is 70.3 Å². The Morgan fingerprint density at radius 3 is 2.64 bits per heavy atom. The van der Waals surface area contributed by atoms with E-state index >= 15 is 0 Å². The van der Waals surface area contributed by atoms with Gasteiger partial charge in [0.05, 0.1) is 0 Å². The maximum Gasteiger partial charge on any atom is 0.267 e. The lowest BCUT2D eigenvalue weighted by atomic mass is 10.4. The molecule has 0 aliphatic heterocycles. The lowest BCUT2D eigenvalue weighted by molar-refractivity contribution is 0.0995. The quantitative estimate of drug-likeness (QED) is 0.665. The van der Waals surface area contributed by atoms with Crippen LogP contribution in [0.25, 0.3) is 0 Å². The highest BCUT2D eigenvalue weighted by Crippen LogP contribution is 1.91. The third kappa shape index (κ3) is 2.51. The number of aromatic nitrogens is 2. The average Bonchev–Trinajstić information content (AvgIpc) is 1.88. The van der Waals surface area contributed by atoms with E-state index in [2.05, 4.69) is 9.97 Å². The second kappa shape index (κ2) is 3.88. The van der Waals surface area contributed by atoms with Gasteiger partial charge in [-0.2, -0.15) is 0 Å². The zero-order valence-corrected chi connectivity index (χ0v) is 6.76. The number of aryl methyl sites for hydroxylation is 1. The minimum Gasteiger partial charge on any atom is -0.364 e. The summed E-state index contributed by atoms with van der Waals surface area (Å²) in [6, 6.07) is 1.48. The number of hydrogen-bond acceptors (Lipinski definition) is 3. The van der Waals surface area contributed by atoms with E-state index in [4.69, 9.17) is 5.73 Å². The van der Waals surface area contributed by atoms with Crippen molar-refractivity contribution in [3.63, 3.8) is 0 Å². The molecule has 0 atom stereocenters. The van der Waals surface area contributed by atoms with Crippen molar-refractivity contribution < 1.29 is 4.79 Å². The maximum atomic E-state index is 10.5. The Morgan fingerprint density at radius 1 is 1.64 bits per heavy atom.